The van der Waals surface area contributed by atoms with Gasteiger partial charge in [-0.05, 0) is 26.0 Å². The highest BCUT2D eigenvalue weighted by molar-refractivity contribution is 5.91. The number of nitrogens with zero attached hydrogens (tertiary/aromatic N) is 6. The van der Waals surface area contributed by atoms with Crippen molar-refractivity contribution < 1.29 is 9.72 Å². The topological polar surface area (TPSA) is 132 Å². The molecule has 10 nitrogen and oxygen atoms in total. The Morgan fingerprint density at radius 2 is 2.04 bits per heavy atom. The second kappa shape index (κ2) is 7.71. The zero-order valence-corrected chi connectivity index (χ0v) is 15.3. The molecule has 0 saturated carbocycles. The number of rotatable bonds is 6. The highest BCUT2D eigenvalue weighted by Crippen LogP contribution is 2.22. The van der Waals surface area contributed by atoms with E-state index in [1.165, 1.54) is 15.6 Å². The van der Waals surface area contributed by atoms with E-state index in [4.69, 9.17) is 0 Å². The molecule has 0 spiro atoms. The van der Waals surface area contributed by atoms with Crippen molar-refractivity contribution in [3.05, 3.63) is 63.6 Å². The number of aromatic nitrogens is 4. The largest absolute Gasteiger partial charge is 0.312 e. The molecule has 2 aromatic heterocycles. The first-order valence-electron chi connectivity index (χ1n) is 8.44. The summed E-state index contributed by atoms with van der Waals surface area (Å²) in [7, 11) is 0. The standard InChI is InChI=1S/C18H17N7O3/c1-12-17(25(27)28)13(2)23(22-12)9-8-16(26)21-18-14(10-19)11-20-24(18)15-6-4-3-5-7-15/h3-7,11H,8-9H2,1-2H3,(H,21,26). The number of anilines is 1. The van der Waals surface area contributed by atoms with Gasteiger partial charge in [-0.1, -0.05) is 18.2 Å². The van der Waals surface area contributed by atoms with Crippen molar-refractivity contribution in [2.24, 2.45) is 0 Å². The van der Waals surface area contributed by atoms with Crippen molar-refractivity contribution >= 4 is 17.4 Å². The van der Waals surface area contributed by atoms with Crippen LogP contribution < -0.4 is 5.32 Å². The van der Waals surface area contributed by atoms with Gasteiger partial charge in [0, 0.05) is 6.42 Å². The number of benzene rings is 1. The van der Waals surface area contributed by atoms with Gasteiger partial charge in [0.2, 0.25) is 5.91 Å². The Morgan fingerprint density at radius 3 is 2.64 bits per heavy atom. The summed E-state index contributed by atoms with van der Waals surface area (Å²) < 4.78 is 2.91. The maximum absolute atomic E-state index is 12.4. The summed E-state index contributed by atoms with van der Waals surface area (Å²) in [5, 5.41) is 31.4. The normalized spacial score (nSPS) is 10.5. The number of carbonyl (C=O) groups is 1. The van der Waals surface area contributed by atoms with Crippen LogP contribution in [0.15, 0.2) is 36.5 Å². The second-order valence-corrected chi connectivity index (χ2v) is 6.06. The molecule has 1 aromatic carbocycles. The van der Waals surface area contributed by atoms with E-state index in [-0.39, 0.29) is 35.9 Å². The lowest BCUT2D eigenvalue weighted by molar-refractivity contribution is -0.386. The Labute approximate surface area is 160 Å². The van der Waals surface area contributed by atoms with Gasteiger partial charge in [-0.2, -0.15) is 15.5 Å². The minimum Gasteiger partial charge on any atom is -0.309 e. The number of nitriles is 1. The highest BCUT2D eigenvalue weighted by Gasteiger charge is 2.22. The Hall–Kier alpha value is -4.00. The smallest absolute Gasteiger partial charge is 0.309 e. The fourth-order valence-corrected chi connectivity index (χ4v) is 2.89. The lowest BCUT2D eigenvalue weighted by atomic mass is 10.3. The average Bonchev–Trinajstić information content (AvgIpc) is 3.20. The number of carbonyl (C=O) groups excluding carboxylic acids is 1. The molecule has 0 aliphatic carbocycles. The maximum atomic E-state index is 12.4. The highest BCUT2D eigenvalue weighted by atomic mass is 16.6. The molecule has 10 heteroatoms. The molecule has 0 unspecified atom stereocenters. The van der Waals surface area contributed by atoms with Crippen LogP contribution in [0.4, 0.5) is 11.5 Å². The third-order valence-corrected chi connectivity index (χ3v) is 4.22. The van der Waals surface area contributed by atoms with Crippen LogP contribution in [0.3, 0.4) is 0 Å². The third kappa shape index (κ3) is 3.59. The van der Waals surface area contributed by atoms with Gasteiger partial charge in [0.25, 0.3) is 0 Å². The van der Waals surface area contributed by atoms with Crippen LogP contribution in [0, 0.1) is 35.3 Å². The molecule has 3 rings (SSSR count). The van der Waals surface area contributed by atoms with Crippen molar-refractivity contribution in [2.75, 3.05) is 5.32 Å². The monoisotopic (exact) mass is 379 g/mol. The first kappa shape index (κ1) is 18.8. The maximum Gasteiger partial charge on any atom is 0.312 e. The van der Waals surface area contributed by atoms with Crippen molar-refractivity contribution in [1.82, 2.24) is 19.6 Å². The summed E-state index contributed by atoms with van der Waals surface area (Å²) >= 11 is 0. The number of amides is 1. The van der Waals surface area contributed by atoms with E-state index in [0.717, 1.165) is 0 Å². The molecule has 0 fully saturated rings. The van der Waals surface area contributed by atoms with Crippen molar-refractivity contribution in [3.63, 3.8) is 0 Å². The molecule has 3 aromatic rings. The summed E-state index contributed by atoms with van der Waals surface area (Å²) in [6, 6.07) is 11.1. The molecule has 0 radical (unpaired) electrons. The first-order valence-corrected chi connectivity index (χ1v) is 8.44. The molecular formula is C18H17N7O3. The van der Waals surface area contributed by atoms with Crippen LogP contribution in [0.1, 0.15) is 23.4 Å². The minimum atomic E-state index is -0.480. The lowest BCUT2D eigenvalue weighted by Crippen LogP contribution is -2.18. The Morgan fingerprint density at radius 1 is 1.32 bits per heavy atom. The van der Waals surface area contributed by atoms with Crippen LogP contribution in [0.25, 0.3) is 5.69 Å². The summed E-state index contributed by atoms with van der Waals surface area (Å²) in [6.45, 7) is 3.32. The van der Waals surface area contributed by atoms with Gasteiger partial charge in [0.15, 0.2) is 5.82 Å². The molecular weight excluding hydrogens is 362 g/mol. The first-order chi connectivity index (χ1) is 13.4. The van der Waals surface area contributed by atoms with Gasteiger partial charge in [-0.3, -0.25) is 19.6 Å². The second-order valence-electron chi connectivity index (χ2n) is 6.06. The van der Waals surface area contributed by atoms with E-state index < -0.39 is 4.92 Å². The molecule has 28 heavy (non-hydrogen) atoms. The van der Waals surface area contributed by atoms with Crippen molar-refractivity contribution in [1.29, 1.82) is 5.26 Å². The molecule has 0 saturated heterocycles. The molecule has 0 aliphatic heterocycles. The van der Waals surface area contributed by atoms with Gasteiger partial charge < -0.3 is 5.32 Å². The van der Waals surface area contributed by atoms with Crippen LogP contribution >= 0.6 is 0 Å². The van der Waals surface area contributed by atoms with Crippen LogP contribution in [0.2, 0.25) is 0 Å². The number of hydrogen-bond donors (Lipinski definition) is 1. The van der Waals surface area contributed by atoms with E-state index in [9.17, 15) is 20.2 Å². The molecule has 0 atom stereocenters. The summed E-state index contributed by atoms with van der Waals surface area (Å²) in [4.78, 5) is 23.0. The average molecular weight is 379 g/mol. The van der Waals surface area contributed by atoms with Crippen LogP contribution in [0.5, 0.6) is 0 Å². The van der Waals surface area contributed by atoms with Crippen molar-refractivity contribution in [2.45, 2.75) is 26.8 Å². The van der Waals surface area contributed by atoms with E-state index in [1.807, 2.05) is 24.3 Å². The summed E-state index contributed by atoms with van der Waals surface area (Å²) in [5.74, 6) is -0.0811. The van der Waals surface area contributed by atoms with Gasteiger partial charge in [0.05, 0.1) is 23.4 Å². The molecule has 142 valence electrons. The predicted octanol–water partition coefficient (Wildman–Crippen LogP) is 2.49. The van der Waals surface area contributed by atoms with E-state index in [1.54, 1.807) is 26.0 Å². The predicted molar refractivity (Wildman–Crippen MR) is 99.9 cm³/mol. The number of hydrogen-bond acceptors (Lipinski definition) is 6. The Kier molecular flexibility index (Phi) is 5.17. The summed E-state index contributed by atoms with van der Waals surface area (Å²) in [5.41, 5.74) is 1.58. The van der Waals surface area contributed by atoms with Crippen LogP contribution in [-0.4, -0.2) is 30.4 Å². The van der Waals surface area contributed by atoms with Gasteiger partial charge in [-0.25, -0.2) is 4.68 Å². The molecule has 0 aliphatic rings. The number of nitro groups is 1. The van der Waals surface area contributed by atoms with Gasteiger partial charge in [-0.15, -0.1) is 0 Å². The molecule has 0 bridgehead atoms. The van der Waals surface area contributed by atoms with Crippen molar-refractivity contribution in [3.8, 4) is 11.8 Å². The molecule has 1 amide bonds. The SMILES string of the molecule is Cc1nn(CCC(=O)Nc2c(C#N)cnn2-c2ccccc2)c(C)c1[N+](=O)[O-]. The van der Waals surface area contributed by atoms with Gasteiger partial charge >= 0.3 is 5.69 Å². The lowest BCUT2D eigenvalue weighted by Gasteiger charge is -2.10. The number of aryl methyl sites for hydroxylation is 2. The Balaban J connectivity index is 1.76. The third-order valence-electron chi connectivity index (χ3n) is 4.22. The zero-order valence-electron chi connectivity index (χ0n) is 15.3. The van der Waals surface area contributed by atoms with E-state index in [0.29, 0.717) is 17.1 Å². The zero-order chi connectivity index (χ0) is 20.3. The molecule has 1 N–H and O–H groups in total. The van der Waals surface area contributed by atoms with Gasteiger partial charge in [0.1, 0.15) is 23.0 Å². The fraction of sp³-hybridized carbons (Fsp3) is 0.222. The minimum absolute atomic E-state index is 0.0317. The van der Waals surface area contributed by atoms with Crippen LogP contribution in [-0.2, 0) is 11.3 Å². The quantitative estimate of drug-likeness (QED) is 0.517. The van der Waals surface area contributed by atoms with E-state index >= 15 is 0 Å². The fourth-order valence-electron chi connectivity index (χ4n) is 2.89. The summed E-state index contributed by atoms with van der Waals surface area (Å²) in [6.07, 6.45) is 1.41. The number of nitrogens with one attached hydrogen (secondary N) is 1. The van der Waals surface area contributed by atoms with E-state index in [2.05, 4.69) is 15.5 Å². The number of para-hydroxylation sites is 1. The molecule has 2 heterocycles. The Bertz CT molecular complexity index is 1080.